The Morgan fingerprint density at radius 2 is 2.00 bits per heavy atom. The lowest BCUT2D eigenvalue weighted by molar-refractivity contribution is 0.487. The molecule has 1 aliphatic heterocycles. The van der Waals surface area contributed by atoms with E-state index in [9.17, 15) is 4.79 Å². The van der Waals surface area contributed by atoms with Gasteiger partial charge in [-0.05, 0) is 30.4 Å². The normalized spacial score (nSPS) is 17.7. The van der Waals surface area contributed by atoms with Crippen LogP contribution in [-0.2, 0) is 6.54 Å². The fraction of sp³-hybridized carbons (Fsp3) is 0.278. The molecule has 3 heterocycles. The molecule has 1 atom stereocenters. The van der Waals surface area contributed by atoms with Crippen LogP contribution in [0.25, 0.3) is 10.8 Å². The Hall–Kier alpha value is -2.69. The molecule has 0 saturated carbocycles. The van der Waals surface area contributed by atoms with E-state index in [1.165, 1.54) is 5.39 Å². The van der Waals surface area contributed by atoms with Gasteiger partial charge in [0.25, 0.3) is 5.56 Å². The number of hydrogen-bond donors (Lipinski definition) is 0. The van der Waals surface area contributed by atoms with Crippen LogP contribution < -0.4 is 10.5 Å². The minimum atomic E-state index is -0.0507. The predicted octanol–water partition coefficient (Wildman–Crippen LogP) is 2.46. The van der Waals surface area contributed by atoms with Crippen LogP contribution in [0.1, 0.15) is 12.8 Å². The third kappa shape index (κ3) is 2.59. The Morgan fingerprint density at radius 1 is 1.09 bits per heavy atom. The minimum Gasteiger partial charge on any atom is -0.351 e. The van der Waals surface area contributed by atoms with Crippen LogP contribution in [0.2, 0.25) is 0 Å². The van der Waals surface area contributed by atoms with Gasteiger partial charge in [0.05, 0.1) is 12.6 Å². The largest absolute Gasteiger partial charge is 0.351 e. The van der Waals surface area contributed by atoms with Gasteiger partial charge in [0.2, 0.25) is 0 Å². The summed E-state index contributed by atoms with van der Waals surface area (Å²) in [5.41, 5.74) is -0.0507. The average Bonchev–Trinajstić information content (AvgIpc) is 3.04. The summed E-state index contributed by atoms with van der Waals surface area (Å²) in [4.78, 5) is 18.9. The van der Waals surface area contributed by atoms with Crippen LogP contribution in [0.5, 0.6) is 0 Å². The number of rotatable bonds is 3. The van der Waals surface area contributed by atoms with Gasteiger partial charge in [-0.3, -0.25) is 4.79 Å². The van der Waals surface area contributed by atoms with Crippen molar-refractivity contribution >= 4 is 16.6 Å². The minimum absolute atomic E-state index is 0.0507. The fourth-order valence-electron chi connectivity index (χ4n) is 3.36. The molecule has 5 heteroatoms. The molecule has 3 aromatic rings. The summed E-state index contributed by atoms with van der Waals surface area (Å²) in [6.45, 7) is 1.57. The summed E-state index contributed by atoms with van der Waals surface area (Å²) < 4.78 is 1.55. The first kappa shape index (κ1) is 13.9. The molecule has 0 radical (unpaired) electrons. The molecule has 1 aliphatic rings. The lowest BCUT2D eigenvalue weighted by atomic mass is 10.1. The maximum absolute atomic E-state index is 11.9. The topological polar surface area (TPSA) is 51.0 Å². The van der Waals surface area contributed by atoms with Crippen LogP contribution in [0.3, 0.4) is 0 Å². The predicted molar refractivity (Wildman–Crippen MR) is 90.6 cm³/mol. The van der Waals surface area contributed by atoms with E-state index in [0.717, 1.165) is 30.6 Å². The number of benzene rings is 1. The Labute approximate surface area is 134 Å². The number of anilines is 1. The molecule has 0 amide bonds. The van der Waals surface area contributed by atoms with Gasteiger partial charge in [0, 0.05) is 30.4 Å². The Balaban J connectivity index is 1.70. The van der Waals surface area contributed by atoms with Gasteiger partial charge in [0.1, 0.15) is 5.82 Å². The number of nitrogens with zero attached hydrogens (tertiary/aromatic N) is 4. The van der Waals surface area contributed by atoms with Gasteiger partial charge < -0.3 is 4.90 Å². The molecular formula is C18H18N4O. The van der Waals surface area contributed by atoms with Crippen molar-refractivity contribution in [2.24, 2.45) is 0 Å². The lowest BCUT2D eigenvalue weighted by Gasteiger charge is -2.27. The zero-order chi connectivity index (χ0) is 15.6. The summed E-state index contributed by atoms with van der Waals surface area (Å²) in [5, 5.41) is 6.54. The van der Waals surface area contributed by atoms with Crippen LogP contribution in [0.4, 0.5) is 5.82 Å². The van der Waals surface area contributed by atoms with E-state index in [1.807, 2.05) is 24.4 Å². The van der Waals surface area contributed by atoms with E-state index in [4.69, 9.17) is 0 Å². The van der Waals surface area contributed by atoms with Gasteiger partial charge in [-0.1, -0.05) is 24.3 Å². The SMILES string of the molecule is O=c1cccnn1CC1CCCN1c1nccc2ccccc12. The van der Waals surface area contributed by atoms with Gasteiger partial charge in [-0.2, -0.15) is 5.10 Å². The van der Waals surface area contributed by atoms with Gasteiger partial charge in [-0.15, -0.1) is 0 Å². The van der Waals surface area contributed by atoms with E-state index in [2.05, 4.69) is 27.1 Å². The highest BCUT2D eigenvalue weighted by atomic mass is 16.1. The molecule has 0 N–H and O–H groups in total. The second-order valence-corrected chi connectivity index (χ2v) is 5.89. The monoisotopic (exact) mass is 306 g/mol. The molecule has 1 aromatic carbocycles. The summed E-state index contributed by atoms with van der Waals surface area (Å²) in [6.07, 6.45) is 5.68. The van der Waals surface area contributed by atoms with E-state index in [0.29, 0.717) is 6.54 Å². The number of aromatic nitrogens is 3. The van der Waals surface area contributed by atoms with E-state index < -0.39 is 0 Å². The Kier molecular flexibility index (Phi) is 3.54. The summed E-state index contributed by atoms with van der Waals surface area (Å²) >= 11 is 0. The molecule has 5 nitrogen and oxygen atoms in total. The summed E-state index contributed by atoms with van der Waals surface area (Å²) in [6, 6.07) is 13.8. The molecule has 0 spiro atoms. The first-order chi connectivity index (χ1) is 11.3. The van der Waals surface area contributed by atoms with Crippen molar-refractivity contribution < 1.29 is 0 Å². The second kappa shape index (κ2) is 5.83. The van der Waals surface area contributed by atoms with Crippen LogP contribution in [0, 0.1) is 0 Å². The van der Waals surface area contributed by atoms with Gasteiger partial charge >= 0.3 is 0 Å². The Morgan fingerprint density at radius 3 is 2.91 bits per heavy atom. The zero-order valence-electron chi connectivity index (χ0n) is 12.8. The molecule has 116 valence electrons. The highest BCUT2D eigenvalue weighted by Crippen LogP contribution is 2.30. The van der Waals surface area contributed by atoms with Crippen molar-refractivity contribution in [1.29, 1.82) is 0 Å². The Bertz CT molecular complexity index is 884. The zero-order valence-corrected chi connectivity index (χ0v) is 12.8. The molecule has 1 unspecified atom stereocenters. The molecule has 1 fully saturated rings. The standard InChI is InChI=1S/C18H18N4O/c23-17-8-3-10-20-22(17)13-15-6-4-12-21(15)18-16-7-2-1-5-14(16)9-11-19-18/h1-3,5,7-11,15H,4,6,12-13H2. The lowest BCUT2D eigenvalue weighted by Crippen LogP contribution is -2.37. The molecule has 0 bridgehead atoms. The van der Waals surface area contributed by atoms with E-state index in [1.54, 1.807) is 23.0 Å². The fourth-order valence-corrected chi connectivity index (χ4v) is 3.36. The molecular weight excluding hydrogens is 288 g/mol. The third-order valence-corrected chi connectivity index (χ3v) is 4.47. The first-order valence-electron chi connectivity index (χ1n) is 7.95. The van der Waals surface area contributed by atoms with Crippen LogP contribution in [0.15, 0.2) is 59.7 Å². The smallest absolute Gasteiger partial charge is 0.266 e. The van der Waals surface area contributed by atoms with Gasteiger partial charge in [0.15, 0.2) is 0 Å². The van der Waals surface area contributed by atoms with Crippen molar-refractivity contribution in [2.75, 3.05) is 11.4 Å². The van der Waals surface area contributed by atoms with E-state index >= 15 is 0 Å². The van der Waals surface area contributed by atoms with Gasteiger partial charge in [-0.25, -0.2) is 9.67 Å². The third-order valence-electron chi connectivity index (χ3n) is 4.47. The highest BCUT2D eigenvalue weighted by Gasteiger charge is 2.27. The summed E-state index contributed by atoms with van der Waals surface area (Å²) in [7, 11) is 0. The number of hydrogen-bond acceptors (Lipinski definition) is 4. The van der Waals surface area contributed by atoms with E-state index in [-0.39, 0.29) is 11.6 Å². The molecule has 23 heavy (non-hydrogen) atoms. The van der Waals surface area contributed by atoms with Crippen molar-refractivity contribution in [3.63, 3.8) is 0 Å². The molecule has 4 rings (SSSR count). The van der Waals surface area contributed by atoms with Crippen LogP contribution >= 0.6 is 0 Å². The quantitative estimate of drug-likeness (QED) is 0.746. The number of pyridine rings is 1. The average molecular weight is 306 g/mol. The van der Waals surface area contributed by atoms with Crippen molar-refractivity contribution in [1.82, 2.24) is 14.8 Å². The van der Waals surface area contributed by atoms with Crippen molar-refractivity contribution in [3.8, 4) is 0 Å². The van der Waals surface area contributed by atoms with Crippen molar-refractivity contribution in [2.45, 2.75) is 25.4 Å². The highest BCUT2D eigenvalue weighted by molar-refractivity contribution is 5.92. The second-order valence-electron chi connectivity index (χ2n) is 5.89. The first-order valence-corrected chi connectivity index (χ1v) is 7.95. The maximum Gasteiger partial charge on any atom is 0.266 e. The van der Waals surface area contributed by atoms with Crippen molar-refractivity contribution in [3.05, 3.63) is 65.2 Å². The maximum atomic E-state index is 11.9. The molecule has 0 aliphatic carbocycles. The molecule has 1 saturated heterocycles. The summed E-state index contributed by atoms with van der Waals surface area (Å²) in [5.74, 6) is 1.01. The molecule has 2 aromatic heterocycles. The van der Waals surface area contributed by atoms with Crippen LogP contribution in [-0.4, -0.2) is 27.4 Å². The number of fused-ring (bicyclic) bond motifs is 1.